The van der Waals surface area contributed by atoms with Crippen LogP contribution < -0.4 is 10.6 Å². The second kappa shape index (κ2) is 15.7. The summed E-state index contributed by atoms with van der Waals surface area (Å²) in [5.41, 5.74) is 0.0596. The van der Waals surface area contributed by atoms with E-state index in [-0.39, 0.29) is 43.2 Å². The number of hydrogen-bond acceptors (Lipinski definition) is 8. The van der Waals surface area contributed by atoms with Crippen LogP contribution in [0.2, 0.25) is 0 Å². The highest BCUT2D eigenvalue weighted by Gasteiger charge is 2.29. The van der Waals surface area contributed by atoms with Crippen molar-refractivity contribution < 1.29 is 32.4 Å². The van der Waals surface area contributed by atoms with Crippen molar-refractivity contribution >= 4 is 33.5 Å². The highest BCUT2D eigenvalue weighted by molar-refractivity contribution is 7.89. The fourth-order valence-corrected chi connectivity index (χ4v) is 5.10. The van der Waals surface area contributed by atoms with E-state index in [0.717, 1.165) is 10.4 Å². The van der Waals surface area contributed by atoms with Gasteiger partial charge in [-0.1, -0.05) is 30.3 Å². The van der Waals surface area contributed by atoms with Crippen LogP contribution in [0.25, 0.3) is 0 Å². The number of nitrogens with one attached hydrogen (secondary N) is 2. The van der Waals surface area contributed by atoms with E-state index in [1.165, 1.54) is 37.3 Å². The lowest BCUT2D eigenvalue weighted by Gasteiger charge is -2.28. The average molecular weight is 580 g/mol. The van der Waals surface area contributed by atoms with Crippen LogP contribution in [0, 0.1) is 10.1 Å². The highest BCUT2D eigenvalue weighted by atomic mass is 32.2. The number of unbranched alkanes of at least 4 members (excludes halogenated alkanes) is 1. The molecule has 0 aliphatic carbocycles. The Labute approximate surface area is 234 Å². The number of rotatable bonds is 15. The van der Waals surface area contributed by atoms with Crippen LogP contribution in [0.4, 0.5) is 21.0 Å². The van der Waals surface area contributed by atoms with Gasteiger partial charge in [-0.15, -0.1) is 0 Å². The van der Waals surface area contributed by atoms with Gasteiger partial charge in [0.1, 0.15) is 6.10 Å². The zero-order chi connectivity index (χ0) is 29.7. The molecule has 0 bridgehead atoms. The summed E-state index contributed by atoms with van der Waals surface area (Å²) in [6.07, 6.45) is -0.683. The van der Waals surface area contributed by atoms with Crippen LogP contribution in [0.1, 0.15) is 26.7 Å². The van der Waals surface area contributed by atoms with Crippen LogP contribution >= 0.6 is 0 Å². The number of urea groups is 1. The summed E-state index contributed by atoms with van der Waals surface area (Å²) >= 11 is 0. The molecular weight excluding hydrogens is 542 g/mol. The molecule has 2 aromatic rings. The number of hydrogen-bond donors (Lipinski definition) is 2. The summed E-state index contributed by atoms with van der Waals surface area (Å²) in [6.45, 7) is 4.03. The number of carbonyl (C=O) groups excluding carboxylic acids is 2. The first-order chi connectivity index (χ1) is 18.9. The van der Waals surface area contributed by atoms with Crippen molar-refractivity contribution in [2.24, 2.45) is 0 Å². The maximum absolute atomic E-state index is 12.9. The Morgan fingerprint density at radius 1 is 1.02 bits per heavy atom. The maximum atomic E-state index is 12.9. The van der Waals surface area contributed by atoms with E-state index in [4.69, 9.17) is 9.47 Å². The Morgan fingerprint density at radius 2 is 1.65 bits per heavy atom. The molecule has 0 aliphatic rings. The van der Waals surface area contributed by atoms with Gasteiger partial charge < -0.3 is 19.7 Å². The Morgan fingerprint density at radius 3 is 2.27 bits per heavy atom. The van der Waals surface area contributed by atoms with Crippen molar-refractivity contribution in [2.45, 2.75) is 43.7 Å². The van der Waals surface area contributed by atoms with E-state index in [1.807, 2.05) is 19.9 Å². The van der Waals surface area contributed by atoms with Gasteiger partial charge >= 0.3 is 12.1 Å². The fourth-order valence-electron chi connectivity index (χ4n) is 3.74. The number of amides is 3. The van der Waals surface area contributed by atoms with E-state index in [1.54, 1.807) is 24.3 Å². The standard InChI is InChI=1S/C26H37N5O8S/c1-20(2)27-25(32)30(18-22(19-38-4)39-26(33)28-21-12-6-5-7-13-21)17-11-10-16-29(3)40(36,37)24-15-9-8-14-23(24)31(34)35/h5-9,12-15,20,22H,10-11,16-19H2,1-4H3,(H,27,32)(H,28,33)/t22-/m1/s1. The summed E-state index contributed by atoms with van der Waals surface area (Å²) in [4.78, 5) is 37.0. The molecule has 13 nitrogen and oxygen atoms in total. The molecule has 3 amide bonds. The van der Waals surface area contributed by atoms with Gasteiger partial charge in [-0.25, -0.2) is 22.3 Å². The molecule has 220 valence electrons. The first-order valence-electron chi connectivity index (χ1n) is 12.7. The summed E-state index contributed by atoms with van der Waals surface area (Å²) in [7, 11) is -1.29. The Bertz CT molecular complexity index is 1230. The molecule has 0 unspecified atom stereocenters. The minimum Gasteiger partial charge on any atom is -0.442 e. The predicted octanol–water partition coefficient (Wildman–Crippen LogP) is 3.68. The van der Waals surface area contributed by atoms with Crippen molar-refractivity contribution in [1.82, 2.24) is 14.5 Å². The second-order valence-corrected chi connectivity index (χ2v) is 11.3. The van der Waals surface area contributed by atoms with Gasteiger partial charge in [0.05, 0.1) is 18.1 Å². The van der Waals surface area contributed by atoms with Gasteiger partial charge in [-0.05, 0) is 44.9 Å². The number of para-hydroxylation sites is 2. The smallest absolute Gasteiger partial charge is 0.412 e. The zero-order valence-corrected chi connectivity index (χ0v) is 23.9. The second-order valence-electron chi connectivity index (χ2n) is 9.28. The molecule has 0 heterocycles. The number of nitro benzene ring substituents is 1. The summed E-state index contributed by atoms with van der Waals surface area (Å²) < 4.78 is 37.6. The average Bonchev–Trinajstić information content (AvgIpc) is 2.90. The number of nitrogens with zero attached hydrogens (tertiary/aromatic N) is 3. The molecule has 0 radical (unpaired) electrons. The van der Waals surface area contributed by atoms with E-state index >= 15 is 0 Å². The molecule has 0 fully saturated rings. The van der Waals surface area contributed by atoms with Gasteiger partial charge in [0.15, 0.2) is 4.90 Å². The monoisotopic (exact) mass is 579 g/mol. The van der Waals surface area contributed by atoms with Crippen molar-refractivity contribution in [3.05, 3.63) is 64.7 Å². The third kappa shape index (κ3) is 10.1. The first-order valence-corrected chi connectivity index (χ1v) is 14.2. The summed E-state index contributed by atoms with van der Waals surface area (Å²) in [5.74, 6) is 0. The van der Waals surface area contributed by atoms with Crippen LogP contribution in [-0.2, 0) is 19.5 Å². The normalized spacial score (nSPS) is 12.2. The molecule has 0 saturated carbocycles. The third-order valence-corrected chi connectivity index (χ3v) is 7.58. The lowest BCUT2D eigenvalue weighted by atomic mass is 10.2. The molecule has 0 spiro atoms. The molecule has 40 heavy (non-hydrogen) atoms. The van der Waals surface area contributed by atoms with E-state index in [9.17, 15) is 28.1 Å². The number of anilines is 1. The Hall–Kier alpha value is -3.75. The number of benzene rings is 2. The summed E-state index contributed by atoms with van der Waals surface area (Å²) in [6, 6.07) is 13.4. The van der Waals surface area contributed by atoms with E-state index in [2.05, 4.69) is 10.6 Å². The maximum Gasteiger partial charge on any atom is 0.412 e. The Kier molecular flexibility index (Phi) is 12.8. The lowest BCUT2D eigenvalue weighted by Crippen LogP contribution is -2.48. The molecule has 0 aromatic heterocycles. The third-order valence-electron chi connectivity index (χ3n) is 5.67. The number of nitro groups is 1. The quantitative estimate of drug-likeness (QED) is 0.184. The van der Waals surface area contributed by atoms with Crippen molar-refractivity contribution in [2.75, 3.05) is 45.7 Å². The van der Waals surface area contributed by atoms with Crippen LogP contribution in [-0.4, -0.2) is 87.2 Å². The predicted molar refractivity (Wildman–Crippen MR) is 150 cm³/mol. The van der Waals surface area contributed by atoms with Gasteiger partial charge in [-0.3, -0.25) is 15.4 Å². The van der Waals surface area contributed by atoms with E-state index in [0.29, 0.717) is 18.5 Å². The fraction of sp³-hybridized carbons (Fsp3) is 0.462. The zero-order valence-electron chi connectivity index (χ0n) is 23.1. The molecule has 2 rings (SSSR count). The molecule has 0 aliphatic heterocycles. The largest absolute Gasteiger partial charge is 0.442 e. The summed E-state index contributed by atoms with van der Waals surface area (Å²) in [5, 5.41) is 16.7. The van der Waals surface area contributed by atoms with Gasteiger partial charge in [-0.2, -0.15) is 0 Å². The molecule has 2 aromatic carbocycles. The number of sulfonamides is 1. The molecule has 14 heteroatoms. The number of carbonyl (C=O) groups is 2. The molecule has 1 atom stereocenters. The highest BCUT2D eigenvalue weighted by Crippen LogP contribution is 2.25. The lowest BCUT2D eigenvalue weighted by molar-refractivity contribution is -0.387. The minimum absolute atomic E-state index is 0.0406. The van der Waals surface area contributed by atoms with Gasteiger partial charge in [0.2, 0.25) is 10.0 Å². The van der Waals surface area contributed by atoms with Gasteiger partial charge in [0, 0.05) is 45.0 Å². The number of methoxy groups -OCH3 is 1. The van der Waals surface area contributed by atoms with E-state index < -0.39 is 32.8 Å². The number of ether oxygens (including phenoxy) is 2. The van der Waals surface area contributed by atoms with Crippen LogP contribution in [0.5, 0.6) is 0 Å². The van der Waals surface area contributed by atoms with Crippen molar-refractivity contribution in [3.8, 4) is 0 Å². The molecular formula is C26H37N5O8S. The Balaban J connectivity index is 2.02. The van der Waals surface area contributed by atoms with Crippen molar-refractivity contribution in [1.29, 1.82) is 0 Å². The van der Waals surface area contributed by atoms with Crippen LogP contribution in [0.3, 0.4) is 0 Å². The topological polar surface area (TPSA) is 160 Å². The van der Waals surface area contributed by atoms with Crippen LogP contribution in [0.15, 0.2) is 59.5 Å². The SMILES string of the molecule is COC[C@@H](CN(CCCCN(C)S(=O)(=O)c1ccccc1[N+](=O)[O-])C(=O)NC(C)C)OC(=O)Nc1ccccc1. The van der Waals surface area contributed by atoms with Crippen molar-refractivity contribution in [3.63, 3.8) is 0 Å². The molecule has 2 N–H and O–H groups in total. The molecule has 0 saturated heterocycles. The minimum atomic E-state index is -4.10. The van der Waals surface area contributed by atoms with Gasteiger partial charge in [0.25, 0.3) is 5.69 Å². The first kappa shape index (κ1) is 32.5.